The lowest BCUT2D eigenvalue weighted by Crippen LogP contribution is -2.65. The molecule has 0 aromatic heterocycles. The molecule has 1 N–H and O–H groups in total. The van der Waals surface area contributed by atoms with Gasteiger partial charge in [-0.1, -0.05) is 33.1 Å². The van der Waals surface area contributed by atoms with E-state index in [2.05, 4.69) is 28.8 Å². The molecule has 0 aromatic carbocycles. The molecule has 1 aliphatic heterocycles. The molecule has 2 fully saturated rings. The standard InChI is InChI=1S/C15H27F3N2O/c1-3-12(2)13-10-20(8-9-21-15(16,17)18)14(11-19-13)6-4-5-7-14/h12-13,19H,3-11H2,1-2H3. The second-order valence-electron chi connectivity index (χ2n) is 6.54. The summed E-state index contributed by atoms with van der Waals surface area (Å²) >= 11 is 0. The van der Waals surface area contributed by atoms with E-state index in [0.717, 1.165) is 32.4 Å². The quantitative estimate of drug-likeness (QED) is 0.844. The zero-order valence-electron chi connectivity index (χ0n) is 13.0. The van der Waals surface area contributed by atoms with E-state index in [-0.39, 0.29) is 12.1 Å². The first kappa shape index (κ1) is 17.0. The van der Waals surface area contributed by atoms with Gasteiger partial charge in [0.2, 0.25) is 0 Å². The lowest BCUT2D eigenvalue weighted by Gasteiger charge is -2.49. The van der Waals surface area contributed by atoms with Crippen molar-refractivity contribution in [2.45, 2.75) is 63.9 Å². The molecule has 1 heterocycles. The van der Waals surface area contributed by atoms with E-state index in [1.165, 1.54) is 12.8 Å². The number of alkyl halides is 3. The van der Waals surface area contributed by atoms with E-state index in [1.54, 1.807) is 0 Å². The van der Waals surface area contributed by atoms with Gasteiger partial charge in [0.05, 0.1) is 6.61 Å². The molecule has 6 heteroatoms. The van der Waals surface area contributed by atoms with Crippen molar-refractivity contribution in [1.82, 2.24) is 10.2 Å². The molecule has 0 radical (unpaired) electrons. The molecular weight excluding hydrogens is 281 g/mol. The first-order valence-corrected chi connectivity index (χ1v) is 8.05. The largest absolute Gasteiger partial charge is 0.522 e. The first-order valence-electron chi connectivity index (χ1n) is 8.05. The Morgan fingerprint density at radius 1 is 1.33 bits per heavy atom. The van der Waals surface area contributed by atoms with Crippen molar-refractivity contribution in [3.8, 4) is 0 Å². The number of hydrogen-bond donors (Lipinski definition) is 1. The summed E-state index contributed by atoms with van der Waals surface area (Å²) in [7, 11) is 0. The number of halogens is 3. The smallest absolute Gasteiger partial charge is 0.311 e. The zero-order chi connectivity index (χ0) is 15.5. The van der Waals surface area contributed by atoms with Crippen molar-refractivity contribution in [3.63, 3.8) is 0 Å². The maximum Gasteiger partial charge on any atom is 0.522 e. The summed E-state index contributed by atoms with van der Waals surface area (Å²) in [6.07, 6.45) is 1.07. The lowest BCUT2D eigenvalue weighted by atomic mass is 9.87. The minimum atomic E-state index is -4.52. The summed E-state index contributed by atoms with van der Waals surface area (Å²) < 4.78 is 40.5. The molecular formula is C15H27F3N2O. The molecule has 0 aromatic rings. The molecule has 2 aliphatic rings. The van der Waals surface area contributed by atoms with Gasteiger partial charge in [-0.2, -0.15) is 0 Å². The Morgan fingerprint density at radius 2 is 2.00 bits per heavy atom. The van der Waals surface area contributed by atoms with E-state index in [0.29, 0.717) is 18.5 Å². The zero-order valence-corrected chi connectivity index (χ0v) is 13.0. The van der Waals surface area contributed by atoms with E-state index in [1.807, 2.05) is 0 Å². The van der Waals surface area contributed by atoms with E-state index >= 15 is 0 Å². The van der Waals surface area contributed by atoms with Crippen LogP contribution in [-0.4, -0.2) is 49.1 Å². The van der Waals surface area contributed by atoms with Gasteiger partial charge < -0.3 is 5.32 Å². The average Bonchev–Trinajstić information content (AvgIpc) is 2.88. The van der Waals surface area contributed by atoms with Crippen LogP contribution in [0.4, 0.5) is 13.2 Å². The number of rotatable bonds is 5. The number of hydrogen-bond acceptors (Lipinski definition) is 3. The van der Waals surface area contributed by atoms with Crippen molar-refractivity contribution in [3.05, 3.63) is 0 Å². The van der Waals surface area contributed by atoms with Crippen molar-refractivity contribution in [2.75, 3.05) is 26.2 Å². The third-order valence-electron chi connectivity index (χ3n) is 5.27. The highest BCUT2D eigenvalue weighted by atomic mass is 19.4. The maximum atomic E-state index is 12.2. The van der Waals surface area contributed by atoms with Crippen LogP contribution in [0.3, 0.4) is 0 Å². The molecule has 2 atom stereocenters. The number of nitrogens with one attached hydrogen (secondary N) is 1. The molecule has 1 saturated carbocycles. The van der Waals surface area contributed by atoms with Gasteiger partial charge in [0, 0.05) is 31.2 Å². The van der Waals surface area contributed by atoms with Gasteiger partial charge in [0.1, 0.15) is 0 Å². The fraction of sp³-hybridized carbons (Fsp3) is 1.00. The van der Waals surface area contributed by atoms with Crippen LogP contribution in [0.2, 0.25) is 0 Å². The van der Waals surface area contributed by atoms with E-state index in [4.69, 9.17) is 0 Å². The Balaban J connectivity index is 1.96. The van der Waals surface area contributed by atoms with Crippen LogP contribution in [0.5, 0.6) is 0 Å². The van der Waals surface area contributed by atoms with Gasteiger partial charge in [-0.3, -0.25) is 9.64 Å². The molecule has 21 heavy (non-hydrogen) atoms. The first-order chi connectivity index (χ1) is 9.86. The van der Waals surface area contributed by atoms with Crippen LogP contribution in [0.1, 0.15) is 46.0 Å². The van der Waals surface area contributed by atoms with Gasteiger partial charge in [-0.15, -0.1) is 13.2 Å². The van der Waals surface area contributed by atoms with Gasteiger partial charge in [-0.05, 0) is 18.8 Å². The van der Waals surface area contributed by atoms with Gasteiger partial charge >= 0.3 is 6.36 Å². The van der Waals surface area contributed by atoms with Crippen LogP contribution >= 0.6 is 0 Å². The summed E-state index contributed by atoms with van der Waals surface area (Å²) in [6, 6.07) is 0.368. The van der Waals surface area contributed by atoms with Crippen molar-refractivity contribution in [1.29, 1.82) is 0 Å². The Hall–Kier alpha value is -0.330. The molecule has 2 rings (SSSR count). The van der Waals surface area contributed by atoms with E-state index in [9.17, 15) is 13.2 Å². The predicted molar refractivity (Wildman–Crippen MR) is 76.0 cm³/mol. The third kappa shape index (κ3) is 4.33. The second kappa shape index (κ2) is 6.84. The van der Waals surface area contributed by atoms with Crippen LogP contribution in [0.25, 0.3) is 0 Å². The summed E-state index contributed by atoms with van der Waals surface area (Å²) in [4.78, 5) is 2.26. The highest BCUT2D eigenvalue weighted by molar-refractivity contribution is 5.02. The van der Waals surface area contributed by atoms with E-state index < -0.39 is 6.36 Å². The highest BCUT2D eigenvalue weighted by Gasteiger charge is 2.44. The minimum Gasteiger partial charge on any atom is -0.311 e. The fourth-order valence-corrected chi connectivity index (χ4v) is 3.72. The molecule has 0 bridgehead atoms. The Morgan fingerprint density at radius 3 is 2.57 bits per heavy atom. The molecule has 0 amide bonds. The highest BCUT2D eigenvalue weighted by Crippen LogP contribution is 2.37. The van der Waals surface area contributed by atoms with Crippen LogP contribution in [-0.2, 0) is 4.74 Å². The minimum absolute atomic E-state index is 0.0545. The van der Waals surface area contributed by atoms with Crippen molar-refractivity contribution < 1.29 is 17.9 Å². The summed E-state index contributed by atoms with van der Waals surface area (Å²) in [6.45, 7) is 6.19. The number of piperazine rings is 1. The summed E-state index contributed by atoms with van der Waals surface area (Å²) in [5, 5.41) is 3.63. The number of nitrogens with zero attached hydrogens (tertiary/aromatic N) is 1. The predicted octanol–water partition coefficient (Wildman–Crippen LogP) is 3.16. The summed E-state index contributed by atoms with van der Waals surface area (Å²) in [5.41, 5.74) is 0.0545. The molecule has 1 saturated heterocycles. The van der Waals surface area contributed by atoms with Crippen LogP contribution < -0.4 is 5.32 Å². The molecule has 124 valence electrons. The second-order valence-corrected chi connectivity index (χ2v) is 6.54. The topological polar surface area (TPSA) is 24.5 Å². The van der Waals surface area contributed by atoms with Crippen molar-refractivity contribution >= 4 is 0 Å². The number of ether oxygens (including phenoxy) is 1. The van der Waals surface area contributed by atoms with Gasteiger partial charge in [0.15, 0.2) is 0 Å². The Kier molecular flexibility index (Phi) is 5.54. The SMILES string of the molecule is CCC(C)C1CN(CCOC(F)(F)F)C2(CCCC2)CN1. The molecule has 3 nitrogen and oxygen atoms in total. The molecule has 1 spiro atoms. The van der Waals surface area contributed by atoms with Crippen molar-refractivity contribution in [2.24, 2.45) is 5.92 Å². The lowest BCUT2D eigenvalue weighted by molar-refractivity contribution is -0.325. The molecule has 2 unspecified atom stereocenters. The fourth-order valence-electron chi connectivity index (χ4n) is 3.72. The van der Waals surface area contributed by atoms with Crippen LogP contribution in [0, 0.1) is 5.92 Å². The van der Waals surface area contributed by atoms with Crippen LogP contribution in [0.15, 0.2) is 0 Å². The van der Waals surface area contributed by atoms with Gasteiger partial charge in [0.25, 0.3) is 0 Å². The Bertz CT molecular complexity index is 329. The van der Waals surface area contributed by atoms with Gasteiger partial charge in [-0.25, -0.2) is 0 Å². The monoisotopic (exact) mass is 308 g/mol. The Labute approximate surface area is 125 Å². The summed E-state index contributed by atoms with van der Waals surface area (Å²) in [5.74, 6) is 0.537. The normalized spacial score (nSPS) is 28.1. The third-order valence-corrected chi connectivity index (χ3v) is 5.27. The average molecular weight is 308 g/mol. The molecule has 1 aliphatic carbocycles. The maximum absolute atomic E-state index is 12.2.